The van der Waals surface area contributed by atoms with Gasteiger partial charge in [0.1, 0.15) is 0 Å². The highest BCUT2D eigenvalue weighted by atomic mass is 32.1. The topological polar surface area (TPSA) is 59.6 Å². The molecule has 6 heteroatoms. The summed E-state index contributed by atoms with van der Waals surface area (Å²) in [6.45, 7) is 4.28. The molecular weight excluding hydrogens is 200 g/mol. The minimum atomic E-state index is 0.547. The highest BCUT2D eigenvalue weighted by Gasteiger charge is 2.05. The van der Waals surface area contributed by atoms with E-state index >= 15 is 0 Å². The number of nitrogens with one attached hydrogen (secondary N) is 1. The van der Waals surface area contributed by atoms with E-state index in [2.05, 4.69) is 15.1 Å². The van der Waals surface area contributed by atoms with Gasteiger partial charge >= 0.3 is 0 Å². The van der Waals surface area contributed by atoms with Crippen molar-refractivity contribution >= 4 is 12.2 Å². The minimum absolute atomic E-state index is 0.547. The van der Waals surface area contributed by atoms with Gasteiger partial charge in [0.25, 0.3) is 0 Å². The maximum absolute atomic E-state index is 5.10. The summed E-state index contributed by atoms with van der Waals surface area (Å²) in [7, 11) is 0. The fourth-order valence-corrected chi connectivity index (χ4v) is 1.49. The molecule has 0 amide bonds. The molecule has 0 aliphatic carbocycles. The Morgan fingerprint density at radius 3 is 2.86 bits per heavy atom. The maximum Gasteiger partial charge on any atom is 0.223 e. The number of nitrogens with zero attached hydrogens (tertiary/aromatic N) is 3. The molecule has 0 unspecified atom stereocenters. The van der Waals surface area contributed by atoms with Crippen LogP contribution in [-0.4, -0.2) is 19.7 Å². The van der Waals surface area contributed by atoms with Gasteiger partial charge in [-0.15, -0.1) is 0 Å². The third-order valence-electron chi connectivity index (χ3n) is 1.94. The predicted octanol–water partition coefficient (Wildman–Crippen LogP) is 1.59. The van der Waals surface area contributed by atoms with Crippen LogP contribution in [0.3, 0.4) is 0 Å². The molecule has 5 nitrogen and oxygen atoms in total. The van der Waals surface area contributed by atoms with E-state index in [-0.39, 0.29) is 0 Å². The first kappa shape index (κ1) is 9.14. The van der Waals surface area contributed by atoms with Gasteiger partial charge in [0.2, 0.25) is 5.89 Å². The Morgan fingerprint density at radius 2 is 2.36 bits per heavy atom. The lowest BCUT2D eigenvalue weighted by atomic mass is 10.5. The van der Waals surface area contributed by atoms with Crippen molar-refractivity contribution in [2.75, 3.05) is 0 Å². The van der Waals surface area contributed by atoms with Crippen molar-refractivity contribution in [2.24, 2.45) is 0 Å². The second-order valence-electron chi connectivity index (χ2n) is 3.05. The predicted molar refractivity (Wildman–Crippen MR) is 52.5 cm³/mol. The Labute approximate surface area is 85.8 Å². The van der Waals surface area contributed by atoms with Crippen molar-refractivity contribution in [2.45, 2.75) is 20.4 Å². The van der Waals surface area contributed by atoms with Crippen LogP contribution >= 0.6 is 12.2 Å². The summed E-state index contributed by atoms with van der Waals surface area (Å²) in [4.78, 5) is 7.06. The molecule has 2 aromatic heterocycles. The minimum Gasteiger partial charge on any atom is -0.340 e. The van der Waals surface area contributed by atoms with Crippen LogP contribution < -0.4 is 0 Å². The fraction of sp³-hybridized carbons (Fsp3) is 0.375. The molecule has 0 aromatic carbocycles. The first-order chi connectivity index (χ1) is 6.66. The Bertz CT molecular complexity index is 495. The van der Waals surface area contributed by atoms with Crippen LogP contribution in [0, 0.1) is 18.6 Å². The molecule has 2 aromatic rings. The molecule has 0 radical (unpaired) electrons. The molecule has 74 valence electrons. The lowest BCUT2D eigenvalue weighted by Gasteiger charge is -1.99. The number of H-pyrrole nitrogens is 1. The Kier molecular flexibility index (Phi) is 2.20. The molecule has 0 aliphatic heterocycles. The van der Waals surface area contributed by atoms with E-state index in [0.29, 0.717) is 23.0 Å². The summed E-state index contributed by atoms with van der Waals surface area (Å²) in [6.07, 6.45) is 1.86. The highest BCUT2D eigenvalue weighted by molar-refractivity contribution is 7.71. The van der Waals surface area contributed by atoms with Gasteiger partial charge in [-0.2, -0.15) is 4.98 Å². The molecule has 0 fully saturated rings. The third-order valence-corrected chi connectivity index (χ3v) is 2.28. The first-order valence-corrected chi connectivity index (χ1v) is 4.61. The Balaban J connectivity index is 2.31. The Hall–Kier alpha value is -1.43. The van der Waals surface area contributed by atoms with E-state index in [4.69, 9.17) is 16.7 Å². The first-order valence-electron chi connectivity index (χ1n) is 4.21. The van der Waals surface area contributed by atoms with Gasteiger partial charge in [-0.05, 0) is 19.1 Å². The van der Waals surface area contributed by atoms with Crippen molar-refractivity contribution in [1.82, 2.24) is 19.7 Å². The van der Waals surface area contributed by atoms with Gasteiger partial charge < -0.3 is 14.1 Å². The lowest BCUT2D eigenvalue weighted by molar-refractivity contribution is 0.386. The van der Waals surface area contributed by atoms with E-state index in [1.807, 2.05) is 17.7 Å². The summed E-state index contributed by atoms with van der Waals surface area (Å²) in [5, 5.41) is 3.81. The van der Waals surface area contributed by atoms with E-state index in [1.165, 1.54) is 0 Å². The maximum atomic E-state index is 5.10. The van der Waals surface area contributed by atoms with Crippen molar-refractivity contribution in [1.29, 1.82) is 0 Å². The van der Waals surface area contributed by atoms with Gasteiger partial charge in [0.05, 0.1) is 6.54 Å². The molecule has 14 heavy (non-hydrogen) atoms. The van der Waals surface area contributed by atoms with Crippen LogP contribution in [0.15, 0.2) is 10.7 Å². The van der Waals surface area contributed by atoms with E-state index < -0.39 is 0 Å². The molecule has 0 aliphatic rings. The van der Waals surface area contributed by atoms with Crippen LogP contribution in [0.25, 0.3) is 0 Å². The van der Waals surface area contributed by atoms with Crippen LogP contribution in [0.2, 0.25) is 0 Å². The quantitative estimate of drug-likeness (QED) is 0.765. The summed E-state index contributed by atoms with van der Waals surface area (Å²) in [6, 6.07) is 0. The number of rotatable bonds is 2. The number of hydrogen-bond donors (Lipinski definition) is 1. The summed E-state index contributed by atoms with van der Waals surface area (Å²) >= 11 is 5.10. The molecule has 2 rings (SSSR count). The molecular formula is C8H10N4OS. The van der Waals surface area contributed by atoms with Gasteiger partial charge in [0.15, 0.2) is 10.6 Å². The molecule has 0 saturated carbocycles. The number of imidazole rings is 1. The Morgan fingerprint density at radius 1 is 1.57 bits per heavy atom. The SMILES string of the molecule is Cc1nc(Cn2c(C)c[nH]c2=S)no1. The zero-order valence-electron chi connectivity index (χ0n) is 7.94. The van der Waals surface area contributed by atoms with Crippen LogP contribution in [0.1, 0.15) is 17.4 Å². The fourth-order valence-electron chi connectivity index (χ4n) is 1.23. The lowest BCUT2D eigenvalue weighted by Crippen LogP contribution is -2.03. The molecule has 0 spiro atoms. The number of aryl methyl sites for hydroxylation is 2. The highest BCUT2D eigenvalue weighted by Crippen LogP contribution is 2.04. The monoisotopic (exact) mass is 210 g/mol. The van der Waals surface area contributed by atoms with Gasteiger partial charge in [-0.25, -0.2) is 0 Å². The molecule has 0 bridgehead atoms. The molecule has 0 atom stereocenters. The smallest absolute Gasteiger partial charge is 0.223 e. The second-order valence-corrected chi connectivity index (χ2v) is 3.44. The van der Waals surface area contributed by atoms with Crippen LogP contribution in [0.4, 0.5) is 0 Å². The molecule has 2 heterocycles. The second kappa shape index (κ2) is 3.38. The van der Waals surface area contributed by atoms with Gasteiger partial charge in [0, 0.05) is 18.8 Å². The zero-order valence-corrected chi connectivity index (χ0v) is 8.76. The largest absolute Gasteiger partial charge is 0.340 e. The van der Waals surface area contributed by atoms with Crippen molar-refractivity contribution in [3.63, 3.8) is 0 Å². The van der Waals surface area contributed by atoms with Crippen molar-refractivity contribution in [3.05, 3.63) is 28.4 Å². The van der Waals surface area contributed by atoms with Gasteiger partial charge in [-0.1, -0.05) is 5.16 Å². The normalized spacial score (nSPS) is 10.7. The summed E-state index contributed by atoms with van der Waals surface area (Å²) in [5.74, 6) is 1.21. The number of hydrogen-bond acceptors (Lipinski definition) is 4. The van der Waals surface area contributed by atoms with Crippen LogP contribution in [-0.2, 0) is 6.54 Å². The third kappa shape index (κ3) is 1.60. The summed E-state index contributed by atoms with van der Waals surface area (Å²) in [5.41, 5.74) is 1.05. The van der Waals surface area contributed by atoms with E-state index in [0.717, 1.165) is 5.69 Å². The average Bonchev–Trinajstić information content (AvgIpc) is 2.67. The average molecular weight is 210 g/mol. The van der Waals surface area contributed by atoms with Crippen LogP contribution in [0.5, 0.6) is 0 Å². The van der Waals surface area contributed by atoms with Crippen molar-refractivity contribution in [3.8, 4) is 0 Å². The zero-order chi connectivity index (χ0) is 10.1. The van der Waals surface area contributed by atoms with E-state index in [9.17, 15) is 0 Å². The standard InChI is InChI=1S/C8H10N4OS/c1-5-3-9-8(14)12(5)4-7-10-6(2)13-11-7/h3H,4H2,1-2H3,(H,9,14). The number of aromatic amines is 1. The van der Waals surface area contributed by atoms with E-state index in [1.54, 1.807) is 6.92 Å². The molecule has 0 saturated heterocycles. The van der Waals surface area contributed by atoms with Gasteiger partial charge in [-0.3, -0.25) is 0 Å². The number of aromatic nitrogens is 4. The summed E-state index contributed by atoms with van der Waals surface area (Å²) < 4.78 is 7.46. The van der Waals surface area contributed by atoms with Crippen molar-refractivity contribution < 1.29 is 4.52 Å². The molecule has 1 N–H and O–H groups in total.